The number of benzene rings is 1. The number of hydrogen-bond acceptors (Lipinski definition) is 5. The number of carbonyl (C=O) groups excluding carboxylic acids is 1. The number of hydrogen-bond donors (Lipinski definition) is 1. The molecule has 0 spiro atoms. The number of ether oxygens (including phenoxy) is 1. The van der Waals surface area contributed by atoms with Crippen molar-refractivity contribution in [3.63, 3.8) is 0 Å². The Morgan fingerprint density at radius 2 is 1.88 bits per heavy atom. The average Bonchev–Trinajstić information content (AvgIpc) is 2.62. The van der Waals surface area contributed by atoms with Crippen LogP contribution in [0.3, 0.4) is 0 Å². The molecule has 1 amide bonds. The van der Waals surface area contributed by atoms with Crippen molar-refractivity contribution in [1.29, 1.82) is 0 Å². The van der Waals surface area contributed by atoms with E-state index < -0.39 is 0 Å². The van der Waals surface area contributed by atoms with Gasteiger partial charge in [0.2, 0.25) is 0 Å². The predicted molar refractivity (Wildman–Crippen MR) is 95.8 cm³/mol. The molecule has 0 saturated carbocycles. The number of anilines is 2. The van der Waals surface area contributed by atoms with Crippen LogP contribution in [0.4, 0.5) is 11.6 Å². The lowest BCUT2D eigenvalue weighted by Crippen LogP contribution is -2.26. The lowest BCUT2D eigenvalue weighted by atomic mass is 10.2. The summed E-state index contributed by atoms with van der Waals surface area (Å²) in [6.07, 6.45) is 2.10. The zero-order chi connectivity index (χ0) is 17.4. The number of aromatic nitrogens is 2. The molecule has 24 heavy (non-hydrogen) atoms. The topological polar surface area (TPSA) is 67.4 Å². The first kappa shape index (κ1) is 17.7. The van der Waals surface area contributed by atoms with E-state index in [0.717, 1.165) is 31.7 Å². The van der Waals surface area contributed by atoms with Crippen LogP contribution in [-0.2, 0) is 0 Å². The number of nitrogens with zero attached hydrogens (tertiary/aromatic N) is 3. The number of amides is 1. The minimum absolute atomic E-state index is 0.241. The van der Waals surface area contributed by atoms with Gasteiger partial charge >= 0.3 is 0 Å². The third-order valence-electron chi connectivity index (χ3n) is 3.54. The van der Waals surface area contributed by atoms with E-state index >= 15 is 0 Å². The molecule has 6 heteroatoms. The summed E-state index contributed by atoms with van der Waals surface area (Å²) in [4.78, 5) is 14.5. The van der Waals surface area contributed by atoms with Crippen LogP contribution >= 0.6 is 0 Å². The first-order chi connectivity index (χ1) is 11.7. The minimum atomic E-state index is -0.241. The molecule has 1 aromatic heterocycles. The van der Waals surface area contributed by atoms with E-state index in [-0.39, 0.29) is 5.91 Å². The maximum Gasteiger partial charge on any atom is 0.256 e. The lowest BCUT2D eigenvalue weighted by Gasteiger charge is -2.21. The van der Waals surface area contributed by atoms with Gasteiger partial charge in [0.1, 0.15) is 5.75 Å². The van der Waals surface area contributed by atoms with Crippen LogP contribution in [0.5, 0.6) is 5.75 Å². The van der Waals surface area contributed by atoms with Crippen molar-refractivity contribution in [2.75, 3.05) is 30.4 Å². The zero-order valence-electron chi connectivity index (χ0n) is 14.5. The number of rotatable bonds is 8. The molecular formula is C18H24N4O2. The van der Waals surface area contributed by atoms with Crippen LogP contribution in [0.25, 0.3) is 0 Å². The van der Waals surface area contributed by atoms with Gasteiger partial charge in [0.05, 0.1) is 7.11 Å². The second-order valence-corrected chi connectivity index (χ2v) is 5.45. The Kier molecular flexibility index (Phi) is 6.54. The van der Waals surface area contributed by atoms with Gasteiger partial charge < -0.3 is 15.0 Å². The molecule has 0 unspecified atom stereocenters. The van der Waals surface area contributed by atoms with E-state index in [4.69, 9.17) is 4.74 Å². The fourth-order valence-electron chi connectivity index (χ4n) is 2.39. The fraction of sp³-hybridized carbons (Fsp3) is 0.389. The Labute approximate surface area is 142 Å². The average molecular weight is 328 g/mol. The van der Waals surface area contributed by atoms with Crippen LogP contribution in [0, 0.1) is 0 Å². The van der Waals surface area contributed by atoms with Gasteiger partial charge in [-0.2, -0.15) is 0 Å². The van der Waals surface area contributed by atoms with Crippen molar-refractivity contribution in [2.45, 2.75) is 26.7 Å². The van der Waals surface area contributed by atoms with E-state index in [9.17, 15) is 4.79 Å². The highest BCUT2D eigenvalue weighted by molar-refractivity contribution is 6.03. The molecule has 6 nitrogen and oxygen atoms in total. The van der Waals surface area contributed by atoms with E-state index in [0.29, 0.717) is 17.1 Å². The number of nitrogens with one attached hydrogen (secondary N) is 1. The highest BCUT2D eigenvalue weighted by Gasteiger charge is 2.10. The highest BCUT2D eigenvalue weighted by Crippen LogP contribution is 2.16. The molecule has 1 aromatic carbocycles. The molecule has 0 aliphatic heterocycles. The van der Waals surface area contributed by atoms with Crippen LogP contribution in [0.15, 0.2) is 36.4 Å². The summed E-state index contributed by atoms with van der Waals surface area (Å²) in [6.45, 7) is 6.16. The summed E-state index contributed by atoms with van der Waals surface area (Å²) >= 11 is 0. The van der Waals surface area contributed by atoms with Crippen LogP contribution in [-0.4, -0.2) is 36.3 Å². The van der Waals surface area contributed by atoms with E-state index in [1.165, 1.54) is 0 Å². The largest absolute Gasteiger partial charge is 0.497 e. The quantitative estimate of drug-likeness (QED) is 0.805. The van der Waals surface area contributed by atoms with Gasteiger partial charge in [0.15, 0.2) is 11.6 Å². The molecule has 1 heterocycles. The van der Waals surface area contributed by atoms with Crippen molar-refractivity contribution in [3.8, 4) is 5.75 Å². The van der Waals surface area contributed by atoms with Crippen molar-refractivity contribution in [3.05, 3.63) is 42.0 Å². The second-order valence-electron chi connectivity index (χ2n) is 5.45. The lowest BCUT2D eigenvalue weighted by molar-refractivity contribution is 0.102. The molecule has 0 aliphatic carbocycles. The molecule has 1 N–H and O–H groups in total. The molecule has 0 atom stereocenters. The van der Waals surface area contributed by atoms with Crippen molar-refractivity contribution < 1.29 is 9.53 Å². The van der Waals surface area contributed by atoms with Gasteiger partial charge in [0.25, 0.3) is 5.91 Å². The Hall–Kier alpha value is -2.63. The highest BCUT2D eigenvalue weighted by atomic mass is 16.5. The molecule has 0 radical (unpaired) electrons. The standard InChI is InChI=1S/C18H24N4O2/c1-4-11-22(12-5-2)17-10-9-16(20-21-17)19-18(23)14-7-6-8-15(13-14)24-3/h6-10,13H,4-5,11-12H2,1-3H3,(H,19,20,23). The molecular weight excluding hydrogens is 304 g/mol. The van der Waals surface area contributed by atoms with Gasteiger partial charge in [-0.15, -0.1) is 10.2 Å². The van der Waals surface area contributed by atoms with Crippen molar-refractivity contribution >= 4 is 17.5 Å². The predicted octanol–water partition coefficient (Wildman–Crippen LogP) is 3.36. The van der Waals surface area contributed by atoms with Gasteiger partial charge in [-0.25, -0.2) is 0 Å². The molecule has 0 fully saturated rings. The van der Waals surface area contributed by atoms with E-state index in [1.807, 2.05) is 6.07 Å². The van der Waals surface area contributed by atoms with Crippen molar-refractivity contribution in [1.82, 2.24) is 10.2 Å². The normalized spacial score (nSPS) is 10.3. The van der Waals surface area contributed by atoms with Gasteiger partial charge in [-0.1, -0.05) is 19.9 Å². The summed E-state index contributed by atoms with van der Waals surface area (Å²) in [5, 5.41) is 11.1. The number of carbonyl (C=O) groups is 1. The first-order valence-electron chi connectivity index (χ1n) is 8.22. The molecule has 2 aromatic rings. The summed E-state index contributed by atoms with van der Waals surface area (Å²) in [7, 11) is 1.57. The Morgan fingerprint density at radius 1 is 1.12 bits per heavy atom. The number of methoxy groups -OCH3 is 1. The Bertz CT molecular complexity index is 652. The van der Waals surface area contributed by atoms with Gasteiger partial charge in [-0.3, -0.25) is 4.79 Å². The Morgan fingerprint density at radius 3 is 2.46 bits per heavy atom. The summed E-state index contributed by atoms with van der Waals surface area (Å²) < 4.78 is 5.13. The molecule has 128 valence electrons. The van der Waals surface area contributed by atoms with E-state index in [1.54, 1.807) is 37.4 Å². The smallest absolute Gasteiger partial charge is 0.256 e. The van der Waals surface area contributed by atoms with Gasteiger partial charge in [-0.05, 0) is 43.2 Å². The van der Waals surface area contributed by atoms with Crippen molar-refractivity contribution in [2.24, 2.45) is 0 Å². The monoisotopic (exact) mass is 328 g/mol. The van der Waals surface area contributed by atoms with Crippen LogP contribution < -0.4 is 15.0 Å². The fourth-order valence-corrected chi connectivity index (χ4v) is 2.39. The first-order valence-corrected chi connectivity index (χ1v) is 8.22. The summed E-state index contributed by atoms with van der Waals surface area (Å²) in [5.41, 5.74) is 0.513. The summed E-state index contributed by atoms with van der Waals surface area (Å²) in [6, 6.07) is 10.6. The van der Waals surface area contributed by atoms with Crippen LogP contribution in [0.2, 0.25) is 0 Å². The maximum atomic E-state index is 12.3. The van der Waals surface area contributed by atoms with E-state index in [2.05, 4.69) is 34.3 Å². The maximum absolute atomic E-state index is 12.3. The minimum Gasteiger partial charge on any atom is -0.497 e. The molecule has 0 aliphatic rings. The molecule has 2 rings (SSSR count). The van der Waals surface area contributed by atoms with Gasteiger partial charge in [0, 0.05) is 18.7 Å². The Balaban J connectivity index is 2.06. The zero-order valence-corrected chi connectivity index (χ0v) is 14.5. The molecule has 0 saturated heterocycles. The SMILES string of the molecule is CCCN(CCC)c1ccc(NC(=O)c2cccc(OC)c2)nn1. The van der Waals surface area contributed by atoms with Crippen LogP contribution in [0.1, 0.15) is 37.0 Å². The summed E-state index contributed by atoms with van der Waals surface area (Å²) in [5.74, 6) is 1.66. The second kappa shape index (κ2) is 8.86. The molecule has 0 bridgehead atoms. The third kappa shape index (κ3) is 4.68. The third-order valence-corrected chi connectivity index (χ3v) is 3.54.